The summed E-state index contributed by atoms with van der Waals surface area (Å²) < 4.78 is 5.75. The van der Waals surface area contributed by atoms with Crippen LogP contribution in [0.1, 0.15) is 89.9 Å². The van der Waals surface area contributed by atoms with Crippen LogP contribution in [-0.4, -0.2) is 69.4 Å². The minimum absolute atomic E-state index is 0.0113. The maximum absolute atomic E-state index is 12.7. The first kappa shape index (κ1) is 29.2. The van der Waals surface area contributed by atoms with Crippen LogP contribution in [0.15, 0.2) is 0 Å². The lowest BCUT2D eigenvalue weighted by molar-refractivity contribution is -0.338. The molecule has 38 heavy (non-hydrogen) atoms. The van der Waals surface area contributed by atoms with Crippen molar-refractivity contribution in [3.63, 3.8) is 0 Å². The van der Waals surface area contributed by atoms with Crippen LogP contribution in [0.3, 0.4) is 0 Å². The van der Waals surface area contributed by atoms with E-state index in [1.54, 1.807) is 0 Å². The van der Waals surface area contributed by atoms with Crippen molar-refractivity contribution < 1.29 is 49.3 Å². The number of carbonyl (C=O) groups is 3. The van der Waals surface area contributed by atoms with Gasteiger partial charge in [-0.2, -0.15) is 0 Å². The van der Waals surface area contributed by atoms with E-state index in [1.807, 2.05) is 0 Å². The van der Waals surface area contributed by atoms with Crippen molar-refractivity contribution in [2.45, 2.75) is 114 Å². The monoisotopic (exact) mass is 540 g/mol. The average Bonchev–Trinajstić information content (AvgIpc) is 2.90. The van der Waals surface area contributed by atoms with Gasteiger partial charge in [0.25, 0.3) is 0 Å². The molecule has 6 unspecified atom stereocenters. The van der Waals surface area contributed by atoms with Crippen LogP contribution < -0.4 is 0 Å². The standard InChI is InChI=1S/C28H44O10/c29-19-6-1-18(24(13-19)26(31)32)15-36-38-22-10-4-17(5-11-22)16-2-8-21(9-3-16)37-28(35)23-12-7-20(30)14-25(23)27(33)34/h16-25,29-30H,1-15H2,(H,31,32)(H,33,34). The van der Waals surface area contributed by atoms with E-state index in [1.165, 1.54) is 0 Å². The molecule has 6 atom stereocenters. The molecule has 0 radical (unpaired) electrons. The average molecular weight is 541 g/mol. The van der Waals surface area contributed by atoms with Gasteiger partial charge in [0, 0.05) is 0 Å². The number of aliphatic hydroxyl groups excluding tert-OH is 2. The number of ether oxygens (including phenoxy) is 1. The normalized spacial score (nSPS) is 40.3. The molecule has 216 valence electrons. The Kier molecular flexibility index (Phi) is 10.4. The quantitative estimate of drug-likeness (QED) is 0.194. The summed E-state index contributed by atoms with van der Waals surface area (Å²) in [5.74, 6) is -3.47. The summed E-state index contributed by atoms with van der Waals surface area (Å²) in [5, 5.41) is 38.4. The van der Waals surface area contributed by atoms with Gasteiger partial charge < -0.3 is 25.2 Å². The van der Waals surface area contributed by atoms with Gasteiger partial charge in [-0.25, -0.2) is 9.78 Å². The van der Waals surface area contributed by atoms with E-state index < -0.39 is 47.9 Å². The predicted molar refractivity (Wildman–Crippen MR) is 134 cm³/mol. The molecule has 0 aromatic carbocycles. The lowest BCUT2D eigenvalue weighted by atomic mass is 9.72. The minimum Gasteiger partial charge on any atom is -0.481 e. The molecule has 4 aliphatic rings. The molecule has 0 aromatic heterocycles. The first-order valence-corrected chi connectivity index (χ1v) is 14.5. The smallest absolute Gasteiger partial charge is 0.310 e. The fourth-order valence-corrected chi connectivity index (χ4v) is 7.23. The number of hydrogen-bond acceptors (Lipinski definition) is 8. The molecule has 4 fully saturated rings. The number of rotatable bonds is 9. The van der Waals surface area contributed by atoms with Gasteiger partial charge >= 0.3 is 17.9 Å². The number of esters is 1. The topological polar surface area (TPSA) is 160 Å². The second-order valence-corrected chi connectivity index (χ2v) is 12.1. The van der Waals surface area contributed by atoms with Crippen molar-refractivity contribution in [2.24, 2.45) is 35.5 Å². The highest BCUT2D eigenvalue weighted by Gasteiger charge is 2.41. The summed E-state index contributed by atoms with van der Waals surface area (Å²) in [6.07, 6.45) is 8.44. The Morgan fingerprint density at radius 2 is 1.13 bits per heavy atom. The van der Waals surface area contributed by atoms with Gasteiger partial charge in [0.2, 0.25) is 0 Å². The van der Waals surface area contributed by atoms with Gasteiger partial charge in [0.15, 0.2) is 0 Å². The van der Waals surface area contributed by atoms with E-state index >= 15 is 0 Å². The molecule has 4 N–H and O–H groups in total. The van der Waals surface area contributed by atoms with Crippen molar-refractivity contribution in [3.05, 3.63) is 0 Å². The fraction of sp³-hybridized carbons (Fsp3) is 0.893. The summed E-state index contributed by atoms with van der Waals surface area (Å²) >= 11 is 0. The summed E-state index contributed by atoms with van der Waals surface area (Å²) in [6, 6.07) is 0. The zero-order valence-corrected chi connectivity index (χ0v) is 22.1. The van der Waals surface area contributed by atoms with Crippen LogP contribution in [0.5, 0.6) is 0 Å². The third kappa shape index (κ3) is 7.67. The highest BCUT2D eigenvalue weighted by Crippen LogP contribution is 2.40. The molecule has 0 aliphatic heterocycles. The number of hydrogen-bond donors (Lipinski definition) is 4. The van der Waals surface area contributed by atoms with E-state index in [0.29, 0.717) is 37.5 Å². The van der Waals surface area contributed by atoms with Crippen LogP contribution >= 0.6 is 0 Å². The van der Waals surface area contributed by atoms with Crippen LogP contribution in [-0.2, 0) is 28.9 Å². The van der Waals surface area contributed by atoms with Crippen molar-refractivity contribution in [3.8, 4) is 0 Å². The zero-order valence-electron chi connectivity index (χ0n) is 22.1. The summed E-state index contributed by atoms with van der Waals surface area (Å²) in [5.41, 5.74) is 0. The third-order valence-corrected chi connectivity index (χ3v) is 9.60. The van der Waals surface area contributed by atoms with Crippen LogP contribution in [0.4, 0.5) is 0 Å². The Morgan fingerprint density at radius 1 is 0.605 bits per heavy atom. The highest BCUT2D eigenvalue weighted by atomic mass is 17.2. The number of carboxylic acids is 2. The van der Waals surface area contributed by atoms with Crippen LogP contribution in [0, 0.1) is 35.5 Å². The summed E-state index contributed by atoms with van der Waals surface area (Å²) in [6.45, 7) is 0.237. The van der Waals surface area contributed by atoms with E-state index in [9.17, 15) is 34.8 Å². The Labute approximate surface area is 224 Å². The van der Waals surface area contributed by atoms with Gasteiger partial charge in [0.05, 0.1) is 42.7 Å². The zero-order chi connectivity index (χ0) is 27.2. The molecule has 10 nitrogen and oxygen atoms in total. The molecule has 0 saturated heterocycles. The van der Waals surface area contributed by atoms with Crippen LogP contribution in [0.2, 0.25) is 0 Å². The van der Waals surface area contributed by atoms with Gasteiger partial charge in [-0.05, 0) is 108 Å². The molecule has 4 rings (SSSR count). The molecule has 4 aliphatic carbocycles. The molecular weight excluding hydrogens is 496 g/mol. The molecule has 0 amide bonds. The first-order chi connectivity index (χ1) is 18.2. The van der Waals surface area contributed by atoms with E-state index in [0.717, 1.165) is 51.4 Å². The lowest BCUT2D eigenvalue weighted by Crippen LogP contribution is -2.40. The lowest BCUT2D eigenvalue weighted by Gasteiger charge is -2.38. The Bertz CT molecular complexity index is 801. The minimum atomic E-state index is -1.04. The third-order valence-electron chi connectivity index (χ3n) is 9.60. The van der Waals surface area contributed by atoms with Gasteiger partial charge in [-0.15, -0.1) is 0 Å². The summed E-state index contributed by atoms with van der Waals surface area (Å²) in [7, 11) is 0. The van der Waals surface area contributed by atoms with E-state index in [2.05, 4.69) is 0 Å². The van der Waals surface area contributed by atoms with Crippen LogP contribution in [0.25, 0.3) is 0 Å². The van der Waals surface area contributed by atoms with Gasteiger partial charge in [-0.1, -0.05) is 0 Å². The van der Waals surface area contributed by atoms with Gasteiger partial charge in [0.1, 0.15) is 6.10 Å². The molecule has 10 heteroatoms. The second-order valence-electron chi connectivity index (χ2n) is 12.1. The maximum Gasteiger partial charge on any atom is 0.310 e. The number of aliphatic hydroxyl groups is 2. The number of carboxylic acid groups (broad SMARTS) is 2. The molecule has 0 heterocycles. The van der Waals surface area contributed by atoms with Crippen molar-refractivity contribution in [1.29, 1.82) is 0 Å². The molecule has 4 saturated carbocycles. The van der Waals surface area contributed by atoms with Crippen molar-refractivity contribution in [2.75, 3.05) is 6.61 Å². The molecule has 0 bridgehead atoms. The molecule has 0 spiro atoms. The number of aliphatic carboxylic acids is 2. The highest BCUT2D eigenvalue weighted by molar-refractivity contribution is 5.81. The second kappa shape index (κ2) is 13.5. The van der Waals surface area contributed by atoms with E-state index in [4.69, 9.17) is 14.5 Å². The largest absolute Gasteiger partial charge is 0.481 e. The molecular formula is C28H44O10. The van der Waals surface area contributed by atoms with E-state index in [-0.39, 0.29) is 37.6 Å². The predicted octanol–water partition coefficient (Wildman–Crippen LogP) is 3.32. The van der Waals surface area contributed by atoms with Gasteiger partial charge in [-0.3, -0.25) is 14.4 Å². The van der Waals surface area contributed by atoms with Crippen molar-refractivity contribution in [1.82, 2.24) is 0 Å². The number of carbonyl (C=O) groups excluding carboxylic acids is 1. The first-order valence-electron chi connectivity index (χ1n) is 14.5. The van der Waals surface area contributed by atoms with Crippen molar-refractivity contribution >= 4 is 17.9 Å². The Morgan fingerprint density at radius 3 is 1.71 bits per heavy atom. The summed E-state index contributed by atoms with van der Waals surface area (Å²) in [4.78, 5) is 46.9. The Balaban J connectivity index is 1.13. The maximum atomic E-state index is 12.7. The molecule has 0 aromatic rings. The fourth-order valence-electron chi connectivity index (χ4n) is 7.23. The SMILES string of the molecule is O=C(O)C1CC(O)CCC1COOC1CCC(C2CCC(OC(=O)C3CCC(O)CC3C(=O)O)CC2)CC1. The Hall–Kier alpha value is -1.75.